The van der Waals surface area contributed by atoms with Crippen molar-refractivity contribution < 1.29 is 14.6 Å². The molecule has 0 spiro atoms. The van der Waals surface area contributed by atoms with Gasteiger partial charge in [0.05, 0.1) is 6.54 Å². The average molecular weight is 233 g/mol. The zero-order valence-electron chi connectivity index (χ0n) is 11.0. The van der Waals surface area contributed by atoms with Crippen molar-refractivity contribution in [2.24, 2.45) is 5.73 Å². The molecule has 0 atom stereocenters. The number of rotatable bonds is 3. The molecule has 0 saturated heterocycles. The Morgan fingerprint density at radius 3 is 1.44 bits per heavy atom. The summed E-state index contributed by atoms with van der Waals surface area (Å²) in [5.41, 5.74) is 4.57. The molecule has 3 N–H and O–H groups in total. The van der Waals surface area contributed by atoms with Crippen LogP contribution in [-0.2, 0) is 9.53 Å². The van der Waals surface area contributed by atoms with E-state index >= 15 is 0 Å². The Morgan fingerprint density at radius 2 is 1.44 bits per heavy atom. The number of aliphatic carboxylic acids is 1. The van der Waals surface area contributed by atoms with Crippen LogP contribution in [0, 0.1) is 0 Å². The highest BCUT2D eigenvalue weighted by Crippen LogP contribution is 1.64. The second-order valence-corrected chi connectivity index (χ2v) is 2.20. The number of hydrogen-bond acceptors (Lipinski definition) is 3. The lowest BCUT2D eigenvalue weighted by Crippen LogP contribution is -2.10. The highest BCUT2D eigenvalue weighted by Gasteiger charge is 1.81. The number of nitrogens with two attached hydrogens (primary N) is 1. The van der Waals surface area contributed by atoms with Crippen LogP contribution in [0.2, 0.25) is 0 Å². The molecule has 0 aromatic heterocycles. The molecule has 0 bridgehead atoms. The Kier molecular flexibility index (Phi) is 56.1. The fraction of sp³-hybridized carbons (Fsp3) is 0.583. The number of carboxylic acid groups (broad SMARTS) is 1. The van der Waals surface area contributed by atoms with Crippen molar-refractivity contribution in [3.63, 3.8) is 0 Å². The molecule has 0 aliphatic carbocycles. The Bertz CT molecular complexity index is 128. The number of carbonyl (C=O) groups is 1. The normalized spacial score (nSPS) is 6.56. The molecule has 0 aliphatic rings. The second-order valence-electron chi connectivity index (χ2n) is 2.20. The molecule has 0 fully saturated rings. The van der Waals surface area contributed by atoms with Crippen LogP contribution in [0.5, 0.6) is 0 Å². The zero-order valence-corrected chi connectivity index (χ0v) is 11.0. The van der Waals surface area contributed by atoms with Crippen molar-refractivity contribution in [1.82, 2.24) is 0 Å². The van der Waals surface area contributed by atoms with Crippen LogP contribution in [0.3, 0.4) is 0 Å². The van der Waals surface area contributed by atoms with E-state index < -0.39 is 5.97 Å². The van der Waals surface area contributed by atoms with E-state index in [4.69, 9.17) is 9.84 Å². The molecule has 4 heteroatoms. The molecular formula is C12H27NO3. The van der Waals surface area contributed by atoms with Crippen LogP contribution < -0.4 is 5.73 Å². The molecule has 98 valence electrons. The summed E-state index contributed by atoms with van der Waals surface area (Å²) in [4.78, 5) is 9.24. The van der Waals surface area contributed by atoms with E-state index in [9.17, 15) is 4.79 Å². The third kappa shape index (κ3) is 220. The predicted molar refractivity (Wildman–Crippen MR) is 70.6 cm³/mol. The van der Waals surface area contributed by atoms with Crippen molar-refractivity contribution in [2.75, 3.05) is 19.8 Å². The minimum Gasteiger partial charge on any atom is -0.480 e. The molecule has 0 amide bonds. The van der Waals surface area contributed by atoms with Crippen LogP contribution in [0.4, 0.5) is 0 Å². The third-order valence-corrected chi connectivity index (χ3v) is 0.583. The van der Waals surface area contributed by atoms with Crippen molar-refractivity contribution in [3.05, 3.63) is 25.3 Å². The Labute approximate surface area is 99.8 Å². The Balaban J connectivity index is -0.0000000621. The topological polar surface area (TPSA) is 72.5 Å². The van der Waals surface area contributed by atoms with Gasteiger partial charge in [-0.25, -0.2) is 0 Å². The molecule has 0 unspecified atom stereocenters. The highest BCUT2D eigenvalue weighted by atomic mass is 16.5. The minimum atomic E-state index is -0.968. The van der Waals surface area contributed by atoms with Gasteiger partial charge in [0.25, 0.3) is 0 Å². The summed E-state index contributed by atoms with van der Waals surface area (Å²) in [6, 6.07) is 0. The quantitative estimate of drug-likeness (QED) is 0.734. The first-order valence-corrected chi connectivity index (χ1v) is 5.15. The molecule has 0 heterocycles. The van der Waals surface area contributed by atoms with Gasteiger partial charge < -0.3 is 15.6 Å². The van der Waals surface area contributed by atoms with Crippen LogP contribution in [0.1, 0.15) is 27.7 Å². The molecule has 4 nitrogen and oxygen atoms in total. The first-order chi connectivity index (χ1) is 7.51. The first kappa shape index (κ1) is 24.2. The van der Waals surface area contributed by atoms with Gasteiger partial charge in [0.15, 0.2) is 0 Å². The largest absolute Gasteiger partial charge is 0.480 e. The van der Waals surface area contributed by atoms with Gasteiger partial charge in [0, 0.05) is 13.2 Å². The maximum Gasteiger partial charge on any atom is 0.317 e. The van der Waals surface area contributed by atoms with Gasteiger partial charge >= 0.3 is 5.97 Å². The maximum absolute atomic E-state index is 9.24. The molecule has 16 heavy (non-hydrogen) atoms. The highest BCUT2D eigenvalue weighted by molar-refractivity contribution is 5.68. The van der Waals surface area contributed by atoms with Crippen molar-refractivity contribution in [3.8, 4) is 0 Å². The fourth-order valence-electron chi connectivity index (χ4n) is 0.204. The molecule has 0 radical (unpaired) electrons. The summed E-state index contributed by atoms with van der Waals surface area (Å²) in [6.07, 6.45) is 3.50. The summed E-state index contributed by atoms with van der Waals surface area (Å²) in [5.74, 6) is -0.968. The van der Waals surface area contributed by atoms with Gasteiger partial charge in [-0.05, 0) is 27.7 Å². The van der Waals surface area contributed by atoms with Crippen LogP contribution >= 0.6 is 0 Å². The summed E-state index contributed by atoms with van der Waals surface area (Å²) in [5, 5.41) is 7.60. The fourth-order valence-corrected chi connectivity index (χ4v) is 0.204. The lowest BCUT2D eigenvalue weighted by Gasteiger charge is -1.86. The molecule has 0 saturated carbocycles. The summed E-state index contributed by atoms with van der Waals surface area (Å²) >= 11 is 0. The second kappa shape index (κ2) is 37.1. The van der Waals surface area contributed by atoms with E-state index in [1.54, 1.807) is 12.2 Å². The number of allylic oxidation sites excluding steroid dienone is 2. The molecule has 0 aromatic rings. The number of ether oxygens (including phenoxy) is 1. The Hall–Kier alpha value is -1.13. The average Bonchev–Trinajstić information content (AvgIpc) is 2.22. The molecule has 0 rings (SSSR count). The monoisotopic (exact) mass is 233 g/mol. The van der Waals surface area contributed by atoms with Crippen molar-refractivity contribution >= 4 is 5.97 Å². The SMILES string of the molecule is C=CC.C=CC.CCOCC.NCC(=O)O. The van der Waals surface area contributed by atoms with E-state index in [2.05, 4.69) is 18.9 Å². The molecule has 0 aromatic carbocycles. The van der Waals surface area contributed by atoms with E-state index in [0.717, 1.165) is 13.2 Å². The smallest absolute Gasteiger partial charge is 0.317 e. The van der Waals surface area contributed by atoms with Crippen molar-refractivity contribution in [2.45, 2.75) is 27.7 Å². The maximum atomic E-state index is 9.24. The summed E-state index contributed by atoms with van der Waals surface area (Å²) in [6.45, 7) is 15.9. The first-order valence-electron chi connectivity index (χ1n) is 5.15. The Morgan fingerprint density at radius 1 is 1.25 bits per heavy atom. The standard InChI is InChI=1S/C4H10O.2C3H6.C2H5NO2/c1-3-5-4-2;2*1-3-2;3-1-2(4)5/h3-4H2,1-2H3;2*3H,1H2,2H3;1,3H2,(H,4,5). The van der Waals surface area contributed by atoms with Gasteiger partial charge in [0.2, 0.25) is 0 Å². The predicted octanol–water partition coefficient (Wildman–Crippen LogP) is 2.46. The van der Waals surface area contributed by atoms with E-state index in [1.165, 1.54) is 0 Å². The summed E-state index contributed by atoms with van der Waals surface area (Å²) in [7, 11) is 0. The van der Waals surface area contributed by atoms with Crippen LogP contribution in [0.15, 0.2) is 25.3 Å². The lowest BCUT2D eigenvalue weighted by atomic mass is 10.7. The van der Waals surface area contributed by atoms with Gasteiger partial charge in [0.1, 0.15) is 0 Å². The van der Waals surface area contributed by atoms with Gasteiger partial charge in [-0.3, -0.25) is 4.79 Å². The van der Waals surface area contributed by atoms with Crippen LogP contribution in [-0.4, -0.2) is 30.8 Å². The van der Waals surface area contributed by atoms with E-state index in [0.29, 0.717) is 0 Å². The lowest BCUT2D eigenvalue weighted by molar-refractivity contribution is -0.135. The zero-order chi connectivity index (χ0) is 13.8. The molecule has 0 aliphatic heterocycles. The third-order valence-electron chi connectivity index (χ3n) is 0.583. The number of hydrogen-bond donors (Lipinski definition) is 2. The van der Waals surface area contributed by atoms with Gasteiger partial charge in [-0.15, -0.1) is 13.2 Å². The van der Waals surface area contributed by atoms with E-state index in [-0.39, 0.29) is 6.54 Å². The van der Waals surface area contributed by atoms with Gasteiger partial charge in [-0.2, -0.15) is 0 Å². The van der Waals surface area contributed by atoms with E-state index in [1.807, 2.05) is 27.7 Å². The minimum absolute atomic E-state index is 0.278. The van der Waals surface area contributed by atoms with Crippen LogP contribution in [0.25, 0.3) is 0 Å². The molecular weight excluding hydrogens is 206 g/mol. The number of carboxylic acids is 1. The summed E-state index contributed by atoms with van der Waals surface area (Å²) < 4.78 is 4.83. The van der Waals surface area contributed by atoms with Crippen molar-refractivity contribution in [1.29, 1.82) is 0 Å². The van der Waals surface area contributed by atoms with Gasteiger partial charge in [-0.1, -0.05) is 12.2 Å².